The standard InChI is InChI=1S/C12H11FN2S/c1-2-8-11(14-7-15-12(8)16)9-5-3-4-6-10(9)13/h3-7H,2H2,1H3,(H,14,15,16). The SMILES string of the molecule is CCc1c(-c2ccccc2F)[nH]cnc1=S. The van der Waals surface area contributed by atoms with Gasteiger partial charge in [0.1, 0.15) is 10.5 Å². The van der Waals surface area contributed by atoms with Gasteiger partial charge in [-0.05, 0) is 18.6 Å². The van der Waals surface area contributed by atoms with E-state index in [-0.39, 0.29) is 5.82 Å². The third kappa shape index (κ3) is 1.88. The van der Waals surface area contributed by atoms with Crippen molar-refractivity contribution >= 4 is 12.2 Å². The summed E-state index contributed by atoms with van der Waals surface area (Å²) in [7, 11) is 0. The van der Waals surface area contributed by atoms with Crippen LogP contribution in [0.1, 0.15) is 12.5 Å². The van der Waals surface area contributed by atoms with Crippen LogP contribution in [-0.4, -0.2) is 9.97 Å². The Bertz CT molecular complexity index is 563. The quantitative estimate of drug-likeness (QED) is 0.805. The fraction of sp³-hybridized carbons (Fsp3) is 0.167. The second kappa shape index (κ2) is 4.53. The molecule has 0 unspecified atom stereocenters. The van der Waals surface area contributed by atoms with Gasteiger partial charge in [0.25, 0.3) is 0 Å². The summed E-state index contributed by atoms with van der Waals surface area (Å²) in [6, 6.07) is 6.64. The molecule has 1 heterocycles. The number of nitrogens with one attached hydrogen (secondary N) is 1. The third-order valence-electron chi connectivity index (χ3n) is 2.45. The lowest BCUT2D eigenvalue weighted by Gasteiger charge is -2.08. The summed E-state index contributed by atoms with van der Waals surface area (Å²) in [5, 5.41) is 0. The average Bonchev–Trinajstić information content (AvgIpc) is 2.29. The molecule has 2 aromatic rings. The molecule has 4 heteroatoms. The summed E-state index contributed by atoms with van der Waals surface area (Å²) >= 11 is 5.13. The summed E-state index contributed by atoms with van der Waals surface area (Å²) in [4.78, 5) is 6.97. The molecule has 2 rings (SSSR count). The van der Waals surface area contributed by atoms with Crippen LogP contribution in [0.5, 0.6) is 0 Å². The number of aromatic nitrogens is 2. The summed E-state index contributed by atoms with van der Waals surface area (Å²) in [5.74, 6) is -0.256. The van der Waals surface area contributed by atoms with Crippen molar-refractivity contribution in [3.63, 3.8) is 0 Å². The van der Waals surface area contributed by atoms with Gasteiger partial charge in [0.05, 0.1) is 12.0 Å². The van der Waals surface area contributed by atoms with Gasteiger partial charge in [-0.25, -0.2) is 9.37 Å². The summed E-state index contributed by atoms with van der Waals surface area (Å²) in [5.41, 5.74) is 2.14. The number of hydrogen-bond donors (Lipinski definition) is 1. The van der Waals surface area contributed by atoms with Crippen molar-refractivity contribution in [1.29, 1.82) is 0 Å². The van der Waals surface area contributed by atoms with Gasteiger partial charge in [-0.3, -0.25) is 0 Å². The van der Waals surface area contributed by atoms with Crippen LogP contribution in [0.4, 0.5) is 4.39 Å². The molecule has 0 saturated carbocycles. The van der Waals surface area contributed by atoms with Crippen LogP contribution in [0, 0.1) is 10.5 Å². The highest BCUT2D eigenvalue weighted by molar-refractivity contribution is 7.71. The smallest absolute Gasteiger partial charge is 0.133 e. The van der Waals surface area contributed by atoms with Gasteiger partial charge < -0.3 is 4.98 Å². The molecule has 0 spiro atoms. The first kappa shape index (κ1) is 11.0. The Hall–Kier alpha value is -1.55. The number of hydrogen-bond acceptors (Lipinski definition) is 2. The van der Waals surface area contributed by atoms with E-state index in [4.69, 9.17) is 12.2 Å². The van der Waals surface area contributed by atoms with E-state index in [1.54, 1.807) is 18.2 Å². The zero-order valence-electron chi connectivity index (χ0n) is 8.83. The second-order valence-corrected chi connectivity index (χ2v) is 3.78. The van der Waals surface area contributed by atoms with Crippen molar-refractivity contribution < 1.29 is 4.39 Å². The number of nitrogens with zero attached hydrogens (tertiary/aromatic N) is 1. The second-order valence-electron chi connectivity index (χ2n) is 3.39. The Balaban J connectivity index is 2.70. The zero-order chi connectivity index (χ0) is 11.5. The van der Waals surface area contributed by atoms with E-state index in [9.17, 15) is 4.39 Å². The molecule has 0 aliphatic heterocycles. The Labute approximate surface area is 98.2 Å². The maximum absolute atomic E-state index is 13.6. The van der Waals surface area contributed by atoms with Crippen molar-refractivity contribution in [1.82, 2.24) is 9.97 Å². The van der Waals surface area contributed by atoms with E-state index in [0.29, 0.717) is 10.2 Å². The van der Waals surface area contributed by atoms with Gasteiger partial charge in [0, 0.05) is 11.1 Å². The lowest BCUT2D eigenvalue weighted by atomic mass is 10.1. The van der Waals surface area contributed by atoms with Crippen LogP contribution in [0.15, 0.2) is 30.6 Å². The molecule has 0 atom stereocenters. The first-order valence-electron chi connectivity index (χ1n) is 5.05. The van der Waals surface area contributed by atoms with E-state index >= 15 is 0 Å². The van der Waals surface area contributed by atoms with Crippen molar-refractivity contribution in [2.75, 3.05) is 0 Å². The monoisotopic (exact) mass is 234 g/mol. The minimum absolute atomic E-state index is 0.256. The fourth-order valence-electron chi connectivity index (χ4n) is 1.66. The van der Waals surface area contributed by atoms with E-state index in [0.717, 1.165) is 17.7 Å². The lowest BCUT2D eigenvalue weighted by molar-refractivity contribution is 0.630. The number of halogens is 1. The predicted molar refractivity (Wildman–Crippen MR) is 64.2 cm³/mol. The van der Waals surface area contributed by atoms with Crippen LogP contribution in [-0.2, 0) is 6.42 Å². The molecule has 0 fully saturated rings. The van der Waals surface area contributed by atoms with Gasteiger partial charge in [0.2, 0.25) is 0 Å². The Kier molecular flexibility index (Phi) is 3.10. The van der Waals surface area contributed by atoms with E-state index in [1.165, 1.54) is 12.4 Å². The normalized spacial score (nSPS) is 10.4. The number of benzene rings is 1. The maximum atomic E-state index is 13.6. The molecule has 82 valence electrons. The van der Waals surface area contributed by atoms with Gasteiger partial charge in [0.15, 0.2) is 0 Å². The molecule has 0 radical (unpaired) electrons. The van der Waals surface area contributed by atoms with Gasteiger partial charge in [-0.15, -0.1) is 0 Å². The molecule has 0 bridgehead atoms. The van der Waals surface area contributed by atoms with Gasteiger partial charge >= 0.3 is 0 Å². The third-order valence-corrected chi connectivity index (χ3v) is 2.80. The van der Waals surface area contributed by atoms with E-state index in [2.05, 4.69) is 9.97 Å². The highest BCUT2D eigenvalue weighted by atomic mass is 32.1. The molecule has 0 aliphatic rings. The highest BCUT2D eigenvalue weighted by Gasteiger charge is 2.09. The molecule has 1 N–H and O–H groups in total. The van der Waals surface area contributed by atoms with Crippen LogP contribution >= 0.6 is 12.2 Å². The summed E-state index contributed by atoms with van der Waals surface area (Å²) in [6.45, 7) is 1.98. The van der Waals surface area contributed by atoms with E-state index < -0.39 is 0 Å². The number of aromatic amines is 1. The van der Waals surface area contributed by atoms with Crippen molar-refractivity contribution in [2.45, 2.75) is 13.3 Å². The first-order valence-corrected chi connectivity index (χ1v) is 5.46. The first-order chi connectivity index (χ1) is 7.74. The minimum atomic E-state index is -0.256. The number of H-pyrrole nitrogens is 1. The molecule has 1 aromatic carbocycles. The molecular formula is C12H11FN2S. The summed E-state index contributed by atoms with van der Waals surface area (Å²) < 4.78 is 14.2. The van der Waals surface area contributed by atoms with Crippen LogP contribution in [0.2, 0.25) is 0 Å². The Morgan fingerprint density at radius 2 is 2.12 bits per heavy atom. The largest absolute Gasteiger partial charge is 0.345 e. The predicted octanol–water partition coefficient (Wildman–Crippen LogP) is 3.51. The molecular weight excluding hydrogens is 223 g/mol. The summed E-state index contributed by atoms with van der Waals surface area (Å²) in [6.07, 6.45) is 2.23. The lowest BCUT2D eigenvalue weighted by Crippen LogP contribution is -1.96. The molecule has 0 aliphatic carbocycles. The minimum Gasteiger partial charge on any atom is -0.345 e. The molecule has 1 aromatic heterocycles. The molecule has 0 amide bonds. The molecule has 0 saturated heterocycles. The van der Waals surface area contributed by atoms with Gasteiger partial charge in [-0.2, -0.15) is 0 Å². The Morgan fingerprint density at radius 1 is 1.38 bits per heavy atom. The average molecular weight is 234 g/mol. The van der Waals surface area contributed by atoms with Crippen LogP contribution < -0.4 is 0 Å². The van der Waals surface area contributed by atoms with E-state index in [1.807, 2.05) is 6.92 Å². The van der Waals surface area contributed by atoms with Crippen LogP contribution in [0.3, 0.4) is 0 Å². The zero-order valence-corrected chi connectivity index (χ0v) is 9.64. The van der Waals surface area contributed by atoms with Crippen molar-refractivity contribution in [3.8, 4) is 11.3 Å². The van der Waals surface area contributed by atoms with Crippen molar-refractivity contribution in [2.24, 2.45) is 0 Å². The Morgan fingerprint density at radius 3 is 2.81 bits per heavy atom. The molecule has 16 heavy (non-hydrogen) atoms. The van der Waals surface area contributed by atoms with Crippen molar-refractivity contribution in [3.05, 3.63) is 46.6 Å². The topological polar surface area (TPSA) is 28.7 Å². The number of rotatable bonds is 2. The highest BCUT2D eigenvalue weighted by Crippen LogP contribution is 2.24. The van der Waals surface area contributed by atoms with Crippen LogP contribution in [0.25, 0.3) is 11.3 Å². The maximum Gasteiger partial charge on any atom is 0.133 e. The van der Waals surface area contributed by atoms with Gasteiger partial charge in [-0.1, -0.05) is 31.3 Å². The molecule has 2 nitrogen and oxygen atoms in total. The fourth-order valence-corrected chi connectivity index (χ4v) is 1.96.